The third-order valence-electron chi connectivity index (χ3n) is 5.66. The fraction of sp³-hybridized carbons (Fsp3) is 0.480. The highest BCUT2D eigenvalue weighted by atomic mass is 19.4. The summed E-state index contributed by atoms with van der Waals surface area (Å²) in [4.78, 5) is 12.6. The number of fused-ring (bicyclic) bond motifs is 1. The first-order valence-electron chi connectivity index (χ1n) is 10.6. The summed E-state index contributed by atoms with van der Waals surface area (Å²) in [5.41, 5.74) is 2.45. The number of rotatable bonds is 4. The van der Waals surface area contributed by atoms with Gasteiger partial charge < -0.3 is 14.8 Å². The highest BCUT2D eigenvalue weighted by Gasteiger charge is 2.45. The van der Waals surface area contributed by atoms with Gasteiger partial charge in [-0.25, -0.2) is 0 Å². The molecule has 1 aliphatic heterocycles. The molecule has 2 aromatic rings. The van der Waals surface area contributed by atoms with Crippen LogP contribution in [0.15, 0.2) is 30.3 Å². The molecule has 1 atom stereocenters. The molecule has 7 heteroatoms. The summed E-state index contributed by atoms with van der Waals surface area (Å²) in [7, 11) is 0. The molecule has 1 aliphatic rings. The summed E-state index contributed by atoms with van der Waals surface area (Å²) in [5.74, 6) is -0.261. The smallest absolute Gasteiger partial charge is 0.486 e. The first-order valence-corrected chi connectivity index (χ1v) is 10.6. The van der Waals surface area contributed by atoms with Crippen molar-refractivity contribution in [2.45, 2.75) is 72.8 Å². The van der Waals surface area contributed by atoms with E-state index >= 15 is 0 Å². The van der Waals surface area contributed by atoms with Gasteiger partial charge in [-0.15, -0.1) is 13.2 Å². The molecule has 1 unspecified atom stereocenters. The van der Waals surface area contributed by atoms with Crippen molar-refractivity contribution < 1.29 is 27.4 Å². The third-order valence-corrected chi connectivity index (χ3v) is 5.66. The van der Waals surface area contributed by atoms with Crippen LogP contribution in [0.25, 0.3) is 0 Å². The number of amides is 1. The molecule has 0 aromatic heterocycles. The molecule has 0 spiro atoms. The maximum Gasteiger partial charge on any atom is 0.573 e. The van der Waals surface area contributed by atoms with Crippen LogP contribution in [0.1, 0.15) is 69.2 Å². The number of hydrogen-bond donors (Lipinski definition) is 1. The van der Waals surface area contributed by atoms with Crippen LogP contribution >= 0.6 is 0 Å². The van der Waals surface area contributed by atoms with Crippen molar-refractivity contribution in [2.24, 2.45) is 5.41 Å². The fourth-order valence-electron chi connectivity index (χ4n) is 4.25. The van der Waals surface area contributed by atoms with Gasteiger partial charge in [-0.3, -0.25) is 4.79 Å². The van der Waals surface area contributed by atoms with Crippen molar-refractivity contribution >= 4 is 11.6 Å². The number of halogens is 3. The molecule has 0 saturated carbocycles. The van der Waals surface area contributed by atoms with Gasteiger partial charge >= 0.3 is 6.36 Å². The van der Waals surface area contributed by atoms with Crippen LogP contribution in [0.4, 0.5) is 18.9 Å². The first-order chi connectivity index (χ1) is 14.6. The van der Waals surface area contributed by atoms with E-state index in [0.29, 0.717) is 23.4 Å². The van der Waals surface area contributed by atoms with Gasteiger partial charge in [0.25, 0.3) is 0 Å². The average molecular weight is 450 g/mol. The predicted molar refractivity (Wildman–Crippen MR) is 118 cm³/mol. The zero-order chi connectivity index (χ0) is 24.1. The summed E-state index contributed by atoms with van der Waals surface area (Å²) in [6.07, 6.45) is -4.46. The van der Waals surface area contributed by atoms with E-state index in [1.165, 1.54) is 12.1 Å². The SMILES string of the molecule is Cc1c(NC(=O)CC(C)(C)C)cc2c(c1C)OC(C)(C)C2c1ccccc1OC(F)(F)F. The Kier molecular flexibility index (Phi) is 6.00. The normalized spacial score (nSPS) is 17.5. The van der Waals surface area contributed by atoms with Gasteiger partial charge in [0, 0.05) is 23.2 Å². The third kappa shape index (κ3) is 5.03. The van der Waals surface area contributed by atoms with E-state index in [1.54, 1.807) is 12.1 Å². The minimum absolute atomic E-state index is 0.115. The number of carbonyl (C=O) groups excluding carboxylic acids is 1. The molecular formula is C25H30F3NO3. The first kappa shape index (κ1) is 24.0. The summed E-state index contributed by atoms with van der Waals surface area (Å²) in [6, 6.07) is 7.94. The van der Waals surface area contributed by atoms with Crippen LogP contribution < -0.4 is 14.8 Å². The van der Waals surface area contributed by atoms with Crippen molar-refractivity contribution in [3.63, 3.8) is 0 Å². The molecule has 174 valence electrons. The molecule has 32 heavy (non-hydrogen) atoms. The summed E-state index contributed by atoms with van der Waals surface area (Å²) in [5, 5.41) is 2.98. The maximum absolute atomic E-state index is 13.1. The number of benzene rings is 2. The van der Waals surface area contributed by atoms with Crippen LogP contribution in [0, 0.1) is 19.3 Å². The second-order valence-corrected chi connectivity index (χ2v) is 10.1. The molecule has 0 bridgehead atoms. The molecule has 0 saturated heterocycles. The molecule has 0 aliphatic carbocycles. The number of nitrogens with one attached hydrogen (secondary N) is 1. The lowest BCUT2D eigenvalue weighted by atomic mass is 9.80. The Bertz CT molecular complexity index is 1040. The number of hydrogen-bond acceptors (Lipinski definition) is 3. The zero-order valence-electron chi connectivity index (χ0n) is 19.5. The quantitative estimate of drug-likeness (QED) is 0.553. The maximum atomic E-state index is 13.1. The molecule has 4 nitrogen and oxygen atoms in total. The van der Waals surface area contributed by atoms with Gasteiger partial charge in [-0.2, -0.15) is 0 Å². The molecular weight excluding hydrogens is 419 g/mol. The second kappa shape index (κ2) is 8.01. The lowest BCUT2D eigenvalue weighted by Gasteiger charge is -2.28. The highest BCUT2D eigenvalue weighted by Crippen LogP contribution is 2.53. The molecule has 2 aromatic carbocycles. The van der Waals surface area contributed by atoms with Crippen LogP contribution in [0.5, 0.6) is 11.5 Å². The molecule has 0 fully saturated rings. The molecule has 1 heterocycles. The number of ether oxygens (including phenoxy) is 2. The Morgan fingerprint density at radius 3 is 2.31 bits per heavy atom. The van der Waals surface area contributed by atoms with Crippen molar-refractivity contribution in [1.82, 2.24) is 0 Å². The van der Waals surface area contributed by atoms with E-state index in [2.05, 4.69) is 10.1 Å². The average Bonchev–Trinajstić information content (AvgIpc) is 2.87. The van der Waals surface area contributed by atoms with Crippen molar-refractivity contribution in [3.8, 4) is 11.5 Å². The Balaban J connectivity index is 2.10. The second-order valence-electron chi connectivity index (χ2n) is 10.1. The topological polar surface area (TPSA) is 47.6 Å². The van der Waals surface area contributed by atoms with Crippen molar-refractivity contribution in [1.29, 1.82) is 0 Å². The van der Waals surface area contributed by atoms with E-state index < -0.39 is 17.9 Å². The van der Waals surface area contributed by atoms with E-state index in [9.17, 15) is 18.0 Å². The van der Waals surface area contributed by atoms with Gasteiger partial charge in [0.15, 0.2) is 0 Å². The number of carbonyl (C=O) groups is 1. The Hall–Kier alpha value is -2.70. The fourth-order valence-corrected chi connectivity index (χ4v) is 4.25. The van der Waals surface area contributed by atoms with Crippen LogP contribution in [0.3, 0.4) is 0 Å². The number of para-hydroxylation sites is 1. The van der Waals surface area contributed by atoms with E-state index in [-0.39, 0.29) is 17.1 Å². The van der Waals surface area contributed by atoms with E-state index in [0.717, 1.165) is 16.7 Å². The Labute approximate surface area is 187 Å². The van der Waals surface area contributed by atoms with Gasteiger partial charge in [0.2, 0.25) is 5.91 Å². The monoisotopic (exact) mass is 449 g/mol. The summed E-state index contributed by atoms with van der Waals surface area (Å²) in [6.45, 7) is 13.4. The molecule has 1 amide bonds. The summed E-state index contributed by atoms with van der Waals surface area (Å²) < 4.78 is 49.7. The minimum atomic E-state index is -4.81. The van der Waals surface area contributed by atoms with Crippen molar-refractivity contribution in [3.05, 3.63) is 52.6 Å². The molecule has 1 N–H and O–H groups in total. The van der Waals surface area contributed by atoms with Gasteiger partial charge in [0.1, 0.15) is 17.1 Å². The largest absolute Gasteiger partial charge is 0.573 e. The van der Waals surface area contributed by atoms with Crippen molar-refractivity contribution in [2.75, 3.05) is 5.32 Å². The number of anilines is 1. The Morgan fingerprint density at radius 2 is 1.72 bits per heavy atom. The lowest BCUT2D eigenvalue weighted by Crippen LogP contribution is -2.31. The van der Waals surface area contributed by atoms with E-state index in [4.69, 9.17) is 4.74 Å². The molecule has 0 radical (unpaired) electrons. The van der Waals surface area contributed by atoms with Gasteiger partial charge in [-0.1, -0.05) is 39.0 Å². The van der Waals surface area contributed by atoms with E-state index in [1.807, 2.05) is 54.5 Å². The Morgan fingerprint density at radius 1 is 1.09 bits per heavy atom. The van der Waals surface area contributed by atoms with Crippen LogP contribution in [-0.2, 0) is 4.79 Å². The van der Waals surface area contributed by atoms with Gasteiger partial charge in [0.05, 0.1) is 5.92 Å². The van der Waals surface area contributed by atoms with Crippen LogP contribution in [0.2, 0.25) is 0 Å². The van der Waals surface area contributed by atoms with Gasteiger partial charge in [-0.05, 0) is 56.4 Å². The highest BCUT2D eigenvalue weighted by molar-refractivity contribution is 5.92. The zero-order valence-corrected chi connectivity index (χ0v) is 19.5. The number of alkyl halides is 3. The van der Waals surface area contributed by atoms with Crippen LogP contribution in [-0.4, -0.2) is 17.9 Å². The standard InChI is InChI=1S/C25H30F3NO3/c1-14-15(2)22-17(12-18(14)29-20(30)13-23(3,4)5)21(24(6,7)32-22)16-10-8-9-11-19(16)31-25(26,27)28/h8-12,21H,13H2,1-7H3,(H,29,30). The molecule has 3 rings (SSSR count). The minimum Gasteiger partial charge on any atom is -0.486 e. The summed E-state index contributed by atoms with van der Waals surface area (Å²) >= 11 is 0. The predicted octanol–water partition coefficient (Wildman–Crippen LogP) is 6.88. The lowest BCUT2D eigenvalue weighted by molar-refractivity contribution is -0.275.